The number of nitro benzene ring substituents is 1. The van der Waals surface area contributed by atoms with Crippen molar-refractivity contribution in [2.45, 2.75) is 18.9 Å². The molecule has 0 spiro atoms. The van der Waals surface area contributed by atoms with Crippen molar-refractivity contribution in [1.82, 2.24) is 0 Å². The van der Waals surface area contributed by atoms with Crippen LogP contribution in [-0.4, -0.2) is 24.1 Å². The molecule has 0 unspecified atom stereocenters. The van der Waals surface area contributed by atoms with Crippen molar-refractivity contribution in [1.29, 1.82) is 0 Å². The molecule has 5 nitrogen and oxygen atoms in total. The highest BCUT2D eigenvalue weighted by molar-refractivity contribution is 8.93. The maximum absolute atomic E-state index is 11.0. The van der Waals surface area contributed by atoms with Gasteiger partial charge in [-0.2, -0.15) is 0 Å². The summed E-state index contributed by atoms with van der Waals surface area (Å²) < 4.78 is 0. The lowest BCUT2D eigenvalue weighted by Crippen LogP contribution is -2.39. The quantitative estimate of drug-likeness (QED) is 0.666. The smallest absolute Gasteiger partial charge is 0.294 e. The van der Waals surface area contributed by atoms with Crippen LogP contribution in [0.15, 0.2) is 18.2 Å². The van der Waals surface area contributed by atoms with E-state index >= 15 is 0 Å². The molecular weight excluding hydrogens is 321 g/mol. The van der Waals surface area contributed by atoms with Crippen molar-refractivity contribution in [3.8, 4) is 0 Å². The van der Waals surface area contributed by atoms with Gasteiger partial charge in [-0.1, -0.05) is 11.6 Å². The van der Waals surface area contributed by atoms with Gasteiger partial charge in [-0.25, -0.2) is 0 Å². The Bertz CT molecular complexity index is 436. The number of nitrogens with zero attached hydrogens (tertiary/aromatic N) is 2. The zero-order valence-electron chi connectivity index (χ0n) is 9.71. The van der Waals surface area contributed by atoms with E-state index in [1.807, 2.05) is 4.90 Å². The lowest BCUT2D eigenvalue weighted by molar-refractivity contribution is -0.384. The van der Waals surface area contributed by atoms with Crippen LogP contribution in [0.2, 0.25) is 5.02 Å². The van der Waals surface area contributed by atoms with Crippen LogP contribution < -0.4 is 10.6 Å². The van der Waals surface area contributed by atoms with Crippen molar-refractivity contribution in [3.05, 3.63) is 33.3 Å². The summed E-state index contributed by atoms with van der Waals surface area (Å²) in [7, 11) is 0. The van der Waals surface area contributed by atoms with Gasteiger partial charge in [0.15, 0.2) is 0 Å². The van der Waals surface area contributed by atoms with Gasteiger partial charge >= 0.3 is 0 Å². The average Bonchev–Trinajstić information content (AvgIpc) is 2.30. The molecule has 7 heteroatoms. The molecule has 1 aliphatic rings. The fraction of sp³-hybridized carbons (Fsp3) is 0.455. The van der Waals surface area contributed by atoms with E-state index in [1.54, 1.807) is 12.1 Å². The summed E-state index contributed by atoms with van der Waals surface area (Å²) in [5.74, 6) is 0. The van der Waals surface area contributed by atoms with Gasteiger partial charge in [0, 0.05) is 30.2 Å². The standard InChI is InChI=1S/C11H14ClN3O2.BrH/c12-8-1-2-10(11(7-8)15(16)17)14-5-3-9(13)4-6-14;/h1-2,7,9H,3-6,13H2;1H. The van der Waals surface area contributed by atoms with Crippen molar-refractivity contribution < 1.29 is 4.92 Å². The van der Waals surface area contributed by atoms with E-state index < -0.39 is 4.92 Å². The largest absolute Gasteiger partial charge is 0.366 e. The van der Waals surface area contributed by atoms with Gasteiger partial charge in [0.05, 0.1) is 4.92 Å². The van der Waals surface area contributed by atoms with Gasteiger partial charge in [-0.05, 0) is 25.0 Å². The second kappa shape index (κ2) is 6.36. The lowest BCUT2D eigenvalue weighted by Gasteiger charge is -2.31. The number of piperidine rings is 1. The van der Waals surface area contributed by atoms with E-state index in [4.69, 9.17) is 17.3 Å². The molecular formula is C11H15BrClN3O2. The summed E-state index contributed by atoms with van der Waals surface area (Å²) in [6.45, 7) is 1.51. The zero-order chi connectivity index (χ0) is 12.4. The SMILES string of the molecule is Br.NC1CCN(c2ccc(Cl)cc2[N+](=O)[O-])CC1. The maximum Gasteiger partial charge on any atom is 0.294 e. The van der Waals surface area contributed by atoms with Gasteiger partial charge in [0.1, 0.15) is 5.69 Å². The summed E-state index contributed by atoms with van der Waals surface area (Å²) in [5.41, 5.74) is 6.51. The first-order valence-electron chi connectivity index (χ1n) is 5.52. The topological polar surface area (TPSA) is 72.4 Å². The number of hydrogen-bond donors (Lipinski definition) is 1. The van der Waals surface area contributed by atoms with Crippen molar-refractivity contribution in [2.75, 3.05) is 18.0 Å². The van der Waals surface area contributed by atoms with E-state index in [0.29, 0.717) is 10.7 Å². The molecule has 0 radical (unpaired) electrons. The first-order chi connectivity index (χ1) is 8.08. The van der Waals surface area contributed by atoms with E-state index in [0.717, 1.165) is 25.9 Å². The Morgan fingerprint density at radius 2 is 2.00 bits per heavy atom. The molecule has 1 aromatic rings. The molecule has 0 atom stereocenters. The molecule has 1 fully saturated rings. The summed E-state index contributed by atoms with van der Waals surface area (Å²) >= 11 is 5.78. The van der Waals surface area contributed by atoms with Gasteiger partial charge in [0.25, 0.3) is 5.69 Å². The van der Waals surface area contributed by atoms with Gasteiger partial charge in [-0.15, -0.1) is 17.0 Å². The first kappa shape index (κ1) is 15.2. The summed E-state index contributed by atoms with van der Waals surface area (Å²) in [6, 6.07) is 4.99. The maximum atomic E-state index is 11.0. The number of nitrogens with two attached hydrogens (primary N) is 1. The fourth-order valence-electron chi connectivity index (χ4n) is 2.05. The van der Waals surface area contributed by atoms with Crippen LogP contribution in [0.1, 0.15) is 12.8 Å². The number of benzene rings is 1. The monoisotopic (exact) mass is 335 g/mol. The molecule has 1 aliphatic heterocycles. The highest BCUT2D eigenvalue weighted by Crippen LogP contribution is 2.32. The van der Waals surface area contributed by atoms with Gasteiger partial charge in [-0.3, -0.25) is 10.1 Å². The molecule has 1 aromatic carbocycles. The summed E-state index contributed by atoms with van der Waals surface area (Å²) in [4.78, 5) is 12.6. The van der Waals surface area contributed by atoms with Crippen LogP contribution in [-0.2, 0) is 0 Å². The molecule has 0 bridgehead atoms. The minimum Gasteiger partial charge on any atom is -0.366 e. The number of rotatable bonds is 2. The number of hydrogen-bond acceptors (Lipinski definition) is 4. The molecule has 0 amide bonds. The minimum atomic E-state index is -0.393. The van der Waals surface area contributed by atoms with Crippen LogP contribution in [0.3, 0.4) is 0 Å². The second-order valence-electron chi connectivity index (χ2n) is 4.21. The van der Waals surface area contributed by atoms with Crippen LogP contribution in [0.5, 0.6) is 0 Å². The number of anilines is 1. The van der Waals surface area contributed by atoms with E-state index in [9.17, 15) is 10.1 Å². The fourth-order valence-corrected chi connectivity index (χ4v) is 2.22. The van der Waals surface area contributed by atoms with E-state index in [1.165, 1.54) is 6.07 Å². The highest BCUT2D eigenvalue weighted by atomic mass is 79.9. The number of halogens is 2. The first-order valence-corrected chi connectivity index (χ1v) is 5.90. The van der Waals surface area contributed by atoms with Crippen LogP contribution in [0.4, 0.5) is 11.4 Å². The third-order valence-electron chi connectivity index (χ3n) is 3.01. The average molecular weight is 337 g/mol. The Morgan fingerprint density at radius 1 is 1.39 bits per heavy atom. The minimum absolute atomic E-state index is 0. The second-order valence-corrected chi connectivity index (χ2v) is 4.65. The summed E-state index contributed by atoms with van der Waals surface area (Å²) in [5, 5.41) is 11.4. The molecule has 2 N–H and O–H groups in total. The zero-order valence-corrected chi connectivity index (χ0v) is 12.2. The van der Waals surface area contributed by atoms with E-state index in [2.05, 4.69) is 0 Å². The third kappa shape index (κ3) is 3.34. The molecule has 0 aromatic heterocycles. The van der Waals surface area contributed by atoms with E-state index in [-0.39, 0.29) is 28.7 Å². The van der Waals surface area contributed by atoms with Crippen LogP contribution in [0.25, 0.3) is 0 Å². The molecule has 0 aliphatic carbocycles. The Morgan fingerprint density at radius 3 is 2.56 bits per heavy atom. The van der Waals surface area contributed by atoms with Crippen molar-refractivity contribution >= 4 is 40.0 Å². The van der Waals surface area contributed by atoms with Gasteiger partial charge in [0.2, 0.25) is 0 Å². The normalized spacial score (nSPS) is 16.2. The molecule has 1 saturated heterocycles. The Labute approximate surface area is 121 Å². The Kier molecular flexibility index (Phi) is 5.37. The van der Waals surface area contributed by atoms with Gasteiger partial charge < -0.3 is 10.6 Å². The molecule has 2 rings (SSSR count). The third-order valence-corrected chi connectivity index (χ3v) is 3.25. The molecule has 0 saturated carbocycles. The van der Waals surface area contributed by atoms with Crippen LogP contribution in [0, 0.1) is 10.1 Å². The Hall–Kier alpha value is -0.850. The van der Waals surface area contributed by atoms with Crippen molar-refractivity contribution in [2.24, 2.45) is 5.73 Å². The predicted molar refractivity (Wildman–Crippen MR) is 77.9 cm³/mol. The molecule has 18 heavy (non-hydrogen) atoms. The number of nitro groups is 1. The predicted octanol–water partition coefficient (Wildman–Crippen LogP) is 2.75. The molecule has 100 valence electrons. The Balaban J connectivity index is 0.00000162. The van der Waals surface area contributed by atoms with Crippen LogP contribution >= 0.6 is 28.6 Å². The highest BCUT2D eigenvalue weighted by Gasteiger charge is 2.23. The van der Waals surface area contributed by atoms with Crippen molar-refractivity contribution in [3.63, 3.8) is 0 Å². The lowest BCUT2D eigenvalue weighted by atomic mass is 10.1. The summed E-state index contributed by atoms with van der Waals surface area (Å²) in [6.07, 6.45) is 1.72. The molecule has 1 heterocycles.